The summed E-state index contributed by atoms with van der Waals surface area (Å²) in [5.41, 5.74) is 3.80. The van der Waals surface area contributed by atoms with Crippen LogP contribution in [-0.2, 0) is 0 Å². The Morgan fingerprint density at radius 1 is 1.00 bits per heavy atom. The van der Waals surface area contributed by atoms with Gasteiger partial charge in [0.2, 0.25) is 5.95 Å². The maximum Gasteiger partial charge on any atom is 0.274 e. The Morgan fingerprint density at radius 3 is 2.54 bits per heavy atom. The van der Waals surface area contributed by atoms with E-state index in [0.717, 1.165) is 16.8 Å². The van der Waals surface area contributed by atoms with Crippen LogP contribution < -0.4 is 10.6 Å². The lowest BCUT2D eigenvalue weighted by molar-refractivity contribution is 0.102. The van der Waals surface area contributed by atoms with Crippen LogP contribution in [0.5, 0.6) is 0 Å². The molecule has 3 rings (SSSR count). The molecule has 5 nitrogen and oxygen atoms in total. The average molecular weight is 387 g/mol. The average Bonchev–Trinajstić information content (AvgIpc) is 2.61. The van der Waals surface area contributed by atoms with Gasteiger partial charge in [-0.2, -0.15) is 0 Å². The van der Waals surface area contributed by atoms with Gasteiger partial charge in [-0.1, -0.05) is 40.9 Å². The predicted octanol–water partition coefficient (Wildman–Crippen LogP) is 5.40. The van der Waals surface area contributed by atoms with Crippen LogP contribution in [0.15, 0.2) is 48.7 Å². The SMILES string of the molecule is Cc1ccc(NC(=O)c2ccnc(Nc3ccc(Cl)c(Cl)c3)n2)c(C)c1. The van der Waals surface area contributed by atoms with Crippen molar-refractivity contribution in [3.8, 4) is 0 Å². The fourth-order valence-electron chi connectivity index (χ4n) is 2.39. The maximum absolute atomic E-state index is 12.5. The van der Waals surface area contributed by atoms with Gasteiger partial charge in [0.25, 0.3) is 5.91 Å². The molecule has 1 aromatic heterocycles. The molecular formula is C19H16Cl2N4O. The Morgan fingerprint density at radius 2 is 1.81 bits per heavy atom. The molecule has 0 spiro atoms. The first-order chi connectivity index (χ1) is 12.4. The highest BCUT2D eigenvalue weighted by atomic mass is 35.5. The van der Waals surface area contributed by atoms with Gasteiger partial charge in [-0.15, -0.1) is 0 Å². The van der Waals surface area contributed by atoms with E-state index in [1.165, 1.54) is 6.20 Å². The number of hydrogen-bond donors (Lipinski definition) is 2. The standard InChI is InChI=1S/C19H16Cl2N4O/c1-11-3-6-16(12(2)9-11)24-18(26)17-7-8-22-19(25-17)23-13-4-5-14(20)15(21)10-13/h3-10H,1-2H3,(H,24,26)(H,22,23,25). The molecule has 0 radical (unpaired) electrons. The van der Waals surface area contributed by atoms with E-state index in [1.807, 2.05) is 32.0 Å². The molecule has 132 valence electrons. The fraction of sp³-hybridized carbons (Fsp3) is 0.105. The van der Waals surface area contributed by atoms with Gasteiger partial charge in [0.05, 0.1) is 10.0 Å². The molecule has 26 heavy (non-hydrogen) atoms. The van der Waals surface area contributed by atoms with Gasteiger partial charge in [0, 0.05) is 17.6 Å². The van der Waals surface area contributed by atoms with E-state index in [0.29, 0.717) is 15.7 Å². The summed E-state index contributed by atoms with van der Waals surface area (Å²) in [6.45, 7) is 3.95. The van der Waals surface area contributed by atoms with E-state index in [1.54, 1.807) is 24.3 Å². The van der Waals surface area contributed by atoms with Crippen LogP contribution >= 0.6 is 23.2 Å². The van der Waals surface area contributed by atoms with Gasteiger partial charge in [0.15, 0.2) is 0 Å². The molecule has 0 aliphatic rings. The second-order valence-electron chi connectivity index (χ2n) is 5.79. The smallest absolute Gasteiger partial charge is 0.274 e. The number of nitrogens with zero attached hydrogens (tertiary/aromatic N) is 2. The Bertz CT molecular complexity index is 976. The lowest BCUT2D eigenvalue weighted by Gasteiger charge is -2.10. The number of nitrogens with one attached hydrogen (secondary N) is 2. The van der Waals surface area contributed by atoms with E-state index >= 15 is 0 Å². The van der Waals surface area contributed by atoms with Crippen molar-refractivity contribution >= 4 is 46.4 Å². The minimum atomic E-state index is -0.309. The molecule has 1 amide bonds. The van der Waals surface area contributed by atoms with E-state index < -0.39 is 0 Å². The van der Waals surface area contributed by atoms with Gasteiger partial charge < -0.3 is 10.6 Å². The number of amides is 1. The van der Waals surface area contributed by atoms with Crippen molar-refractivity contribution in [2.45, 2.75) is 13.8 Å². The van der Waals surface area contributed by atoms with Crippen molar-refractivity contribution in [3.05, 3.63) is 75.5 Å². The van der Waals surface area contributed by atoms with Gasteiger partial charge >= 0.3 is 0 Å². The van der Waals surface area contributed by atoms with Gasteiger partial charge in [-0.05, 0) is 49.7 Å². The highest BCUT2D eigenvalue weighted by molar-refractivity contribution is 6.42. The van der Waals surface area contributed by atoms with E-state index in [4.69, 9.17) is 23.2 Å². The summed E-state index contributed by atoms with van der Waals surface area (Å²) in [4.78, 5) is 20.9. The van der Waals surface area contributed by atoms with Gasteiger partial charge in [-0.25, -0.2) is 9.97 Å². The Kier molecular flexibility index (Phi) is 5.40. The van der Waals surface area contributed by atoms with Crippen molar-refractivity contribution in [2.24, 2.45) is 0 Å². The number of aryl methyl sites for hydroxylation is 2. The Balaban J connectivity index is 1.77. The Hall–Kier alpha value is -2.63. The van der Waals surface area contributed by atoms with Crippen LogP contribution in [0.3, 0.4) is 0 Å². The van der Waals surface area contributed by atoms with Crippen molar-refractivity contribution in [3.63, 3.8) is 0 Å². The monoisotopic (exact) mass is 386 g/mol. The topological polar surface area (TPSA) is 66.9 Å². The van der Waals surface area contributed by atoms with Gasteiger partial charge in [0.1, 0.15) is 5.69 Å². The molecule has 2 aromatic carbocycles. The van der Waals surface area contributed by atoms with Crippen LogP contribution in [0.2, 0.25) is 10.0 Å². The van der Waals surface area contributed by atoms with Crippen molar-refractivity contribution in [1.82, 2.24) is 9.97 Å². The highest BCUT2D eigenvalue weighted by Gasteiger charge is 2.11. The quantitative estimate of drug-likeness (QED) is 0.629. The Labute approximate surface area is 161 Å². The third kappa shape index (κ3) is 4.31. The van der Waals surface area contributed by atoms with Crippen LogP contribution in [0.1, 0.15) is 21.6 Å². The minimum Gasteiger partial charge on any atom is -0.324 e. The van der Waals surface area contributed by atoms with E-state index in [-0.39, 0.29) is 17.5 Å². The molecular weight excluding hydrogens is 371 g/mol. The summed E-state index contributed by atoms with van der Waals surface area (Å²) in [6, 6.07) is 12.5. The molecule has 0 aliphatic heterocycles. The summed E-state index contributed by atoms with van der Waals surface area (Å²) < 4.78 is 0. The number of carbonyl (C=O) groups excluding carboxylic acids is 1. The second-order valence-corrected chi connectivity index (χ2v) is 6.61. The lowest BCUT2D eigenvalue weighted by Crippen LogP contribution is -2.15. The molecule has 0 unspecified atom stereocenters. The molecule has 0 fully saturated rings. The zero-order valence-corrected chi connectivity index (χ0v) is 15.7. The van der Waals surface area contributed by atoms with Crippen LogP contribution in [-0.4, -0.2) is 15.9 Å². The number of aromatic nitrogens is 2. The van der Waals surface area contributed by atoms with Crippen LogP contribution in [0.25, 0.3) is 0 Å². The fourth-order valence-corrected chi connectivity index (χ4v) is 2.69. The molecule has 0 saturated carbocycles. The van der Waals surface area contributed by atoms with E-state index in [9.17, 15) is 4.79 Å². The molecule has 1 heterocycles. The summed E-state index contributed by atoms with van der Waals surface area (Å²) in [5.74, 6) is -0.0202. The van der Waals surface area contributed by atoms with Crippen LogP contribution in [0, 0.1) is 13.8 Å². The number of carbonyl (C=O) groups is 1. The first-order valence-electron chi connectivity index (χ1n) is 7.86. The summed E-state index contributed by atoms with van der Waals surface area (Å²) in [5, 5.41) is 6.75. The third-order valence-corrected chi connectivity index (χ3v) is 4.43. The molecule has 0 aliphatic carbocycles. The van der Waals surface area contributed by atoms with Crippen molar-refractivity contribution < 1.29 is 4.79 Å². The number of rotatable bonds is 4. The maximum atomic E-state index is 12.5. The number of benzene rings is 2. The largest absolute Gasteiger partial charge is 0.324 e. The van der Waals surface area contributed by atoms with Crippen molar-refractivity contribution in [2.75, 3.05) is 10.6 Å². The molecule has 7 heteroatoms. The molecule has 3 aromatic rings. The van der Waals surface area contributed by atoms with E-state index in [2.05, 4.69) is 20.6 Å². The van der Waals surface area contributed by atoms with Gasteiger partial charge in [-0.3, -0.25) is 4.79 Å². The van der Waals surface area contributed by atoms with Crippen LogP contribution in [0.4, 0.5) is 17.3 Å². The zero-order valence-electron chi connectivity index (χ0n) is 14.2. The normalized spacial score (nSPS) is 10.5. The zero-order chi connectivity index (χ0) is 18.7. The third-order valence-electron chi connectivity index (χ3n) is 3.69. The lowest BCUT2D eigenvalue weighted by atomic mass is 10.1. The first kappa shape index (κ1) is 18.2. The second kappa shape index (κ2) is 7.72. The van der Waals surface area contributed by atoms with Crippen molar-refractivity contribution in [1.29, 1.82) is 0 Å². The first-order valence-corrected chi connectivity index (χ1v) is 8.62. The summed E-state index contributed by atoms with van der Waals surface area (Å²) >= 11 is 11.9. The number of hydrogen-bond acceptors (Lipinski definition) is 4. The number of halogens is 2. The highest BCUT2D eigenvalue weighted by Crippen LogP contribution is 2.26. The predicted molar refractivity (Wildman–Crippen MR) is 106 cm³/mol. The number of anilines is 3. The molecule has 0 bridgehead atoms. The molecule has 2 N–H and O–H groups in total. The minimum absolute atomic E-state index is 0.252. The summed E-state index contributed by atoms with van der Waals surface area (Å²) in [6.07, 6.45) is 1.52. The molecule has 0 atom stereocenters. The summed E-state index contributed by atoms with van der Waals surface area (Å²) in [7, 11) is 0. The molecule has 0 saturated heterocycles.